The van der Waals surface area contributed by atoms with Crippen LogP contribution in [0.3, 0.4) is 0 Å². The summed E-state index contributed by atoms with van der Waals surface area (Å²) in [5.74, 6) is 0. The van der Waals surface area contributed by atoms with E-state index < -0.39 is 0 Å². The van der Waals surface area contributed by atoms with Crippen LogP contribution in [0.25, 0.3) is 0 Å². The molecule has 0 aliphatic carbocycles. The van der Waals surface area contributed by atoms with E-state index in [0.717, 1.165) is 26.1 Å². The van der Waals surface area contributed by atoms with Gasteiger partial charge in [-0.15, -0.1) is 11.3 Å². The molecule has 1 aliphatic rings. The minimum atomic E-state index is 0.543. The molecule has 0 bridgehead atoms. The zero-order valence-electron chi connectivity index (χ0n) is 12.0. The van der Waals surface area contributed by atoms with Crippen molar-refractivity contribution in [3.63, 3.8) is 0 Å². The number of benzene rings is 1. The summed E-state index contributed by atoms with van der Waals surface area (Å²) in [6.07, 6.45) is 2.35. The molecule has 0 radical (unpaired) electrons. The highest BCUT2D eigenvalue weighted by atomic mass is 32.1. The van der Waals surface area contributed by atoms with Gasteiger partial charge in [0.05, 0.1) is 0 Å². The molecule has 0 amide bonds. The topological polar surface area (TPSA) is 15.3 Å². The van der Waals surface area contributed by atoms with Gasteiger partial charge in [-0.2, -0.15) is 0 Å². The number of hydrogen-bond donors (Lipinski definition) is 1. The van der Waals surface area contributed by atoms with Crippen LogP contribution in [0, 0.1) is 0 Å². The minimum absolute atomic E-state index is 0.543. The molecule has 0 saturated carbocycles. The lowest BCUT2D eigenvalue weighted by molar-refractivity contribution is 0.238. The number of likely N-dealkylation sites (N-methyl/N-ethyl adjacent to an activating group) is 1. The molecule has 1 N–H and O–H groups in total. The van der Waals surface area contributed by atoms with E-state index in [2.05, 4.69) is 59.0 Å². The highest BCUT2D eigenvalue weighted by Crippen LogP contribution is 2.28. The third-order valence-electron chi connectivity index (χ3n) is 4.15. The fourth-order valence-electron chi connectivity index (χ4n) is 2.99. The van der Waals surface area contributed by atoms with Gasteiger partial charge in [-0.1, -0.05) is 30.3 Å². The Morgan fingerprint density at radius 3 is 3.00 bits per heavy atom. The maximum atomic E-state index is 3.53. The molecule has 20 heavy (non-hydrogen) atoms. The maximum absolute atomic E-state index is 3.53. The number of nitrogens with one attached hydrogen (secondary N) is 1. The molecule has 3 rings (SSSR count). The van der Waals surface area contributed by atoms with Crippen LogP contribution in [0.2, 0.25) is 0 Å². The van der Waals surface area contributed by atoms with Crippen LogP contribution in [0.5, 0.6) is 0 Å². The molecule has 1 unspecified atom stereocenters. The number of rotatable bonds is 4. The molecule has 106 valence electrons. The number of fused-ring (bicyclic) bond motifs is 1. The number of hydrogen-bond acceptors (Lipinski definition) is 3. The van der Waals surface area contributed by atoms with Crippen molar-refractivity contribution >= 4 is 11.3 Å². The van der Waals surface area contributed by atoms with Crippen molar-refractivity contribution in [2.24, 2.45) is 0 Å². The van der Waals surface area contributed by atoms with Gasteiger partial charge in [0.1, 0.15) is 0 Å². The lowest BCUT2D eigenvalue weighted by Gasteiger charge is -2.28. The Kier molecular flexibility index (Phi) is 4.51. The van der Waals surface area contributed by atoms with Gasteiger partial charge in [-0.3, -0.25) is 4.90 Å². The predicted octanol–water partition coefficient (Wildman–Crippen LogP) is 3.46. The first-order valence-electron chi connectivity index (χ1n) is 7.36. The Morgan fingerprint density at radius 1 is 1.25 bits per heavy atom. The standard InChI is InChI=1S/C17H22N2S/c1-19(11-9-15-6-4-12-20-15)17-8-10-18-13-14-5-2-3-7-16(14)17/h2-7,12,17-18H,8-11,13H2,1H3. The van der Waals surface area contributed by atoms with E-state index in [0.29, 0.717) is 6.04 Å². The van der Waals surface area contributed by atoms with Crippen LogP contribution in [-0.2, 0) is 13.0 Å². The van der Waals surface area contributed by atoms with Crippen LogP contribution < -0.4 is 5.32 Å². The number of thiophene rings is 1. The summed E-state index contributed by atoms with van der Waals surface area (Å²) in [5, 5.41) is 5.70. The Hall–Kier alpha value is -1.16. The van der Waals surface area contributed by atoms with Crippen LogP contribution in [0.1, 0.15) is 28.5 Å². The average Bonchev–Trinajstić information content (AvgIpc) is 2.90. The van der Waals surface area contributed by atoms with E-state index in [1.165, 1.54) is 22.4 Å². The van der Waals surface area contributed by atoms with Crippen LogP contribution >= 0.6 is 11.3 Å². The van der Waals surface area contributed by atoms with E-state index in [4.69, 9.17) is 0 Å². The Morgan fingerprint density at radius 2 is 2.15 bits per heavy atom. The summed E-state index contributed by atoms with van der Waals surface area (Å²) >= 11 is 1.86. The van der Waals surface area contributed by atoms with E-state index in [1.54, 1.807) is 0 Å². The third-order valence-corrected chi connectivity index (χ3v) is 5.08. The molecule has 0 spiro atoms. The molecule has 1 aliphatic heterocycles. The Labute approximate surface area is 125 Å². The zero-order valence-corrected chi connectivity index (χ0v) is 12.8. The molecule has 1 aromatic heterocycles. The second-order valence-electron chi connectivity index (χ2n) is 5.49. The molecule has 0 saturated heterocycles. The van der Waals surface area contributed by atoms with Crippen molar-refractivity contribution in [1.29, 1.82) is 0 Å². The molecule has 0 fully saturated rings. The van der Waals surface area contributed by atoms with E-state index in [-0.39, 0.29) is 0 Å². The number of nitrogens with zero attached hydrogens (tertiary/aromatic N) is 1. The highest BCUT2D eigenvalue weighted by Gasteiger charge is 2.21. The zero-order chi connectivity index (χ0) is 13.8. The van der Waals surface area contributed by atoms with Crippen molar-refractivity contribution in [3.8, 4) is 0 Å². The van der Waals surface area contributed by atoms with Crippen LogP contribution in [-0.4, -0.2) is 25.0 Å². The summed E-state index contributed by atoms with van der Waals surface area (Å²) in [6.45, 7) is 3.23. The molecular weight excluding hydrogens is 264 g/mol. The van der Waals surface area contributed by atoms with Crippen LogP contribution in [0.4, 0.5) is 0 Å². The molecule has 2 aromatic rings. The summed E-state index contributed by atoms with van der Waals surface area (Å²) in [4.78, 5) is 4.00. The van der Waals surface area contributed by atoms with E-state index in [1.807, 2.05) is 11.3 Å². The van der Waals surface area contributed by atoms with Gasteiger partial charge in [0.25, 0.3) is 0 Å². The lowest BCUT2D eigenvalue weighted by atomic mass is 9.98. The monoisotopic (exact) mass is 286 g/mol. The predicted molar refractivity (Wildman–Crippen MR) is 86.2 cm³/mol. The molecule has 2 heterocycles. The average molecular weight is 286 g/mol. The van der Waals surface area contributed by atoms with E-state index >= 15 is 0 Å². The fraction of sp³-hybridized carbons (Fsp3) is 0.412. The summed E-state index contributed by atoms with van der Waals surface area (Å²) in [6, 6.07) is 13.8. The van der Waals surface area contributed by atoms with Crippen molar-refractivity contribution < 1.29 is 0 Å². The van der Waals surface area contributed by atoms with Gasteiger partial charge in [-0.05, 0) is 49.0 Å². The van der Waals surface area contributed by atoms with Gasteiger partial charge in [0.2, 0.25) is 0 Å². The molecule has 2 nitrogen and oxygen atoms in total. The first-order valence-corrected chi connectivity index (χ1v) is 8.23. The van der Waals surface area contributed by atoms with Crippen LogP contribution in [0.15, 0.2) is 41.8 Å². The van der Waals surface area contributed by atoms with Gasteiger partial charge in [0.15, 0.2) is 0 Å². The van der Waals surface area contributed by atoms with Gasteiger partial charge < -0.3 is 5.32 Å². The summed E-state index contributed by atoms with van der Waals surface area (Å²) in [7, 11) is 2.26. The molecule has 1 atom stereocenters. The van der Waals surface area contributed by atoms with Crippen molar-refractivity contribution in [2.75, 3.05) is 20.1 Å². The lowest BCUT2D eigenvalue weighted by Crippen LogP contribution is -2.28. The second-order valence-corrected chi connectivity index (χ2v) is 6.52. The Balaban J connectivity index is 1.72. The Bertz CT molecular complexity index is 536. The van der Waals surface area contributed by atoms with Crippen molar-refractivity contribution in [2.45, 2.75) is 25.4 Å². The smallest absolute Gasteiger partial charge is 0.0360 e. The molecule has 3 heteroatoms. The first-order chi connectivity index (χ1) is 9.84. The SMILES string of the molecule is CN(CCc1cccs1)C1CCNCc2ccccc21. The van der Waals surface area contributed by atoms with Gasteiger partial charge in [-0.25, -0.2) is 0 Å². The summed E-state index contributed by atoms with van der Waals surface area (Å²) in [5.41, 5.74) is 2.96. The maximum Gasteiger partial charge on any atom is 0.0360 e. The highest BCUT2D eigenvalue weighted by molar-refractivity contribution is 7.09. The van der Waals surface area contributed by atoms with Gasteiger partial charge >= 0.3 is 0 Å². The quantitative estimate of drug-likeness (QED) is 0.926. The van der Waals surface area contributed by atoms with E-state index in [9.17, 15) is 0 Å². The van der Waals surface area contributed by atoms with Crippen molar-refractivity contribution in [3.05, 3.63) is 57.8 Å². The largest absolute Gasteiger partial charge is 0.313 e. The minimum Gasteiger partial charge on any atom is -0.313 e. The second kappa shape index (κ2) is 6.53. The molecular formula is C17H22N2S. The van der Waals surface area contributed by atoms with Crippen molar-refractivity contribution in [1.82, 2.24) is 10.2 Å². The van der Waals surface area contributed by atoms with Gasteiger partial charge in [0, 0.05) is 24.0 Å². The fourth-order valence-corrected chi connectivity index (χ4v) is 3.69. The first kappa shape index (κ1) is 13.8. The normalized spacial score (nSPS) is 18.8. The third kappa shape index (κ3) is 3.11. The molecule has 1 aromatic carbocycles. The summed E-state index contributed by atoms with van der Waals surface area (Å²) < 4.78 is 0.